The Labute approximate surface area is 157 Å². The number of rotatable bonds is 5. The van der Waals surface area contributed by atoms with Gasteiger partial charge in [-0.25, -0.2) is 9.37 Å². The van der Waals surface area contributed by atoms with Crippen molar-refractivity contribution in [1.82, 2.24) is 4.98 Å². The molecular weight excluding hydrogens is 411 g/mol. The van der Waals surface area contributed by atoms with Crippen LogP contribution in [-0.4, -0.2) is 30.1 Å². The molecule has 4 N–H and O–H groups in total. The number of benzene rings is 1. The maximum atomic E-state index is 13.4. The normalized spacial score (nSPS) is 15.4. The molecule has 9 heteroatoms. The second-order valence-electron chi connectivity index (χ2n) is 5.83. The third-order valence-corrected chi connectivity index (χ3v) is 5.74. The maximum Gasteiger partial charge on any atom is 0.222 e. The van der Waals surface area contributed by atoms with E-state index in [-0.39, 0.29) is 18.3 Å². The number of aromatic nitrogens is 1. The lowest BCUT2D eigenvalue weighted by Gasteiger charge is -2.32. The minimum absolute atomic E-state index is 0.0109. The molecule has 0 bridgehead atoms. The number of ether oxygens (including phenoxy) is 1. The van der Waals surface area contributed by atoms with Gasteiger partial charge in [0.1, 0.15) is 23.5 Å². The highest BCUT2D eigenvalue weighted by molar-refractivity contribution is 9.10. The average molecular weight is 429 g/mol. The number of thiazole rings is 1. The van der Waals surface area contributed by atoms with Crippen molar-refractivity contribution in [3.05, 3.63) is 33.4 Å². The van der Waals surface area contributed by atoms with Gasteiger partial charge in [0.05, 0.1) is 15.8 Å². The Morgan fingerprint density at radius 1 is 1.44 bits per heavy atom. The zero-order valence-corrected chi connectivity index (χ0v) is 15.8. The number of amides is 1. The molecule has 3 rings (SSSR count). The number of piperidine rings is 1. The SMILES string of the molecule is NC(=O)Cc1sc(N2CCC(Oc3cc(F)ccc3Br)CC2)nc1N. The number of anilines is 2. The van der Waals surface area contributed by atoms with Crippen LogP contribution in [0.2, 0.25) is 0 Å². The Bertz CT molecular complexity index is 777. The average Bonchev–Trinajstić information content (AvgIpc) is 2.92. The first kappa shape index (κ1) is 17.9. The van der Waals surface area contributed by atoms with Crippen molar-refractivity contribution in [2.45, 2.75) is 25.4 Å². The van der Waals surface area contributed by atoms with E-state index in [1.165, 1.54) is 23.5 Å². The summed E-state index contributed by atoms with van der Waals surface area (Å²) in [6.07, 6.45) is 1.69. The molecule has 0 radical (unpaired) electrons. The number of nitrogens with two attached hydrogens (primary N) is 2. The van der Waals surface area contributed by atoms with Gasteiger partial charge < -0.3 is 21.1 Å². The predicted octanol–water partition coefficient (Wildman–Crippen LogP) is 2.70. The topological polar surface area (TPSA) is 94.5 Å². The van der Waals surface area contributed by atoms with E-state index in [1.54, 1.807) is 6.07 Å². The van der Waals surface area contributed by atoms with Crippen LogP contribution >= 0.6 is 27.3 Å². The highest BCUT2D eigenvalue weighted by Crippen LogP contribution is 2.32. The van der Waals surface area contributed by atoms with Crippen LogP contribution in [-0.2, 0) is 11.2 Å². The number of primary amides is 1. The molecule has 0 spiro atoms. The summed E-state index contributed by atoms with van der Waals surface area (Å²) in [5, 5.41) is 0.791. The van der Waals surface area contributed by atoms with Gasteiger partial charge in [-0.1, -0.05) is 11.3 Å². The Morgan fingerprint density at radius 2 is 2.16 bits per heavy atom. The minimum atomic E-state index is -0.422. The van der Waals surface area contributed by atoms with E-state index in [9.17, 15) is 9.18 Å². The van der Waals surface area contributed by atoms with Gasteiger partial charge in [-0.05, 0) is 28.1 Å². The van der Waals surface area contributed by atoms with Gasteiger partial charge in [0.15, 0.2) is 5.13 Å². The van der Waals surface area contributed by atoms with Gasteiger partial charge in [0.25, 0.3) is 0 Å². The lowest BCUT2D eigenvalue weighted by Crippen LogP contribution is -2.38. The number of halogens is 2. The molecule has 1 aliphatic heterocycles. The van der Waals surface area contributed by atoms with E-state index in [0.717, 1.165) is 35.5 Å². The summed E-state index contributed by atoms with van der Waals surface area (Å²) >= 11 is 4.77. The van der Waals surface area contributed by atoms with Crippen molar-refractivity contribution >= 4 is 44.1 Å². The molecule has 0 saturated carbocycles. The van der Waals surface area contributed by atoms with Crippen molar-refractivity contribution in [1.29, 1.82) is 0 Å². The quantitative estimate of drug-likeness (QED) is 0.762. The summed E-state index contributed by atoms with van der Waals surface area (Å²) in [5.41, 5.74) is 11.1. The first-order valence-corrected chi connectivity index (χ1v) is 9.43. The zero-order chi connectivity index (χ0) is 18.0. The van der Waals surface area contributed by atoms with E-state index in [1.807, 2.05) is 0 Å². The molecule has 25 heavy (non-hydrogen) atoms. The number of nitrogens with zero attached hydrogens (tertiary/aromatic N) is 2. The summed E-state index contributed by atoms with van der Waals surface area (Å²) in [4.78, 5) is 18.2. The number of hydrogen-bond donors (Lipinski definition) is 2. The fourth-order valence-corrected chi connectivity index (χ4v) is 4.06. The Kier molecular flexibility index (Phi) is 5.43. The lowest BCUT2D eigenvalue weighted by atomic mass is 10.1. The summed E-state index contributed by atoms with van der Waals surface area (Å²) < 4.78 is 20.0. The summed E-state index contributed by atoms with van der Waals surface area (Å²) in [6.45, 7) is 1.50. The van der Waals surface area contributed by atoms with Gasteiger partial charge >= 0.3 is 0 Å². The standard InChI is InChI=1S/C16H18BrFN4O2S/c17-11-2-1-9(18)7-12(11)24-10-3-5-22(6-4-10)16-21-15(20)13(25-16)8-14(19)23/h1-2,7,10H,3-6,8,20H2,(H2,19,23). The van der Waals surface area contributed by atoms with E-state index in [0.29, 0.717) is 16.4 Å². The molecule has 6 nitrogen and oxygen atoms in total. The van der Waals surface area contributed by atoms with E-state index >= 15 is 0 Å². The van der Waals surface area contributed by atoms with Gasteiger partial charge in [-0.15, -0.1) is 0 Å². The molecule has 1 saturated heterocycles. The summed E-state index contributed by atoms with van der Waals surface area (Å²) in [6, 6.07) is 4.41. The highest BCUT2D eigenvalue weighted by atomic mass is 79.9. The number of carbonyl (C=O) groups excluding carboxylic acids is 1. The van der Waals surface area contributed by atoms with Crippen molar-refractivity contribution in [2.75, 3.05) is 23.7 Å². The third kappa shape index (κ3) is 4.40. The number of nitrogen functional groups attached to an aromatic ring is 1. The van der Waals surface area contributed by atoms with Crippen LogP contribution in [0.25, 0.3) is 0 Å². The molecule has 1 fully saturated rings. The Hall–Kier alpha value is -1.87. The predicted molar refractivity (Wildman–Crippen MR) is 99.4 cm³/mol. The molecule has 0 aliphatic carbocycles. The van der Waals surface area contributed by atoms with Gasteiger partial charge in [-0.2, -0.15) is 0 Å². The van der Waals surface area contributed by atoms with Crippen LogP contribution < -0.4 is 21.1 Å². The van der Waals surface area contributed by atoms with E-state index < -0.39 is 5.91 Å². The third-order valence-electron chi connectivity index (χ3n) is 3.95. The molecule has 0 unspecified atom stereocenters. The van der Waals surface area contributed by atoms with Gasteiger partial charge in [0.2, 0.25) is 5.91 Å². The largest absolute Gasteiger partial charge is 0.489 e. The number of carbonyl (C=O) groups is 1. The van der Waals surface area contributed by atoms with Crippen LogP contribution in [0.5, 0.6) is 5.75 Å². The van der Waals surface area contributed by atoms with E-state index in [2.05, 4.69) is 25.8 Å². The minimum Gasteiger partial charge on any atom is -0.489 e. The lowest BCUT2D eigenvalue weighted by molar-refractivity contribution is -0.117. The fourth-order valence-electron chi connectivity index (χ4n) is 2.68. The van der Waals surface area contributed by atoms with Crippen molar-refractivity contribution in [3.63, 3.8) is 0 Å². The number of hydrogen-bond acceptors (Lipinski definition) is 6. The molecule has 2 aromatic rings. The Balaban J connectivity index is 1.60. The zero-order valence-electron chi connectivity index (χ0n) is 13.4. The van der Waals surface area contributed by atoms with Crippen molar-refractivity contribution in [3.8, 4) is 5.75 Å². The monoisotopic (exact) mass is 428 g/mol. The smallest absolute Gasteiger partial charge is 0.222 e. The molecule has 0 atom stereocenters. The second-order valence-corrected chi connectivity index (χ2v) is 7.74. The van der Waals surface area contributed by atoms with Crippen LogP contribution in [0.4, 0.5) is 15.3 Å². The van der Waals surface area contributed by atoms with Crippen molar-refractivity contribution in [2.24, 2.45) is 5.73 Å². The summed E-state index contributed by atoms with van der Waals surface area (Å²) in [5.74, 6) is 0.132. The summed E-state index contributed by atoms with van der Waals surface area (Å²) in [7, 11) is 0. The Morgan fingerprint density at radius 3 is 2.84 bits per heavy atom. The fraction of sp³-hybridized carbons (Fsp3) is 0.375. The van der Waals surface area contributed by atoms with Crippen LogP contribution in [0.3, 0.4) is 0 Å². The maximum absolute atomic E-state index is 13.4. The van der Waals surface area contributed by atoms with Crippen LogP contribution in [0.15, 0.2) is 22.7 Å². The van der Waals surface area contributed by atoms with Crippen molar-refractivity contribution < 1.29 is 13.9 Å². The van der Waals surface area contributed by atoms with Gasteiger partial charge in [-0.3, -0.25) is 4.79 Å². The molecule has 1 aliphatic rings. The molecule has 1 aromatic heterocycles. The first-order chi connectivity index (χ1) is 11.9. The molecule has 1 amide bonds. The molecular formula is C16H18BrFN4O2S. The molecule has 1 aromatic carbocycles. The second kappa shape index (κ2) is 7.57. The van der Waals surface area contributed by atoms with Gasteiger partial charge in [0, 0.05) is 32.0 Å². The van der Waals surface area contributed by atoms with E-state index in [4.69, 9.17) is 16.2 Å². The molecule has 134 valence electrons. The van der Waals surface area contributed by atoms with Crippen LogP contribution in [0.1, 0.15) is 17.7 Å². The first-order valence-electron chi connectivity index (χ1n) is 7.82. The highest BCUT2D eigenvalue weighted by Gasteiger charge is 2.24. The van der Waals surface area contributed by atoms with Crippen LogP contribution in [0, 0.1) is 5.82 Å². The molecule has 2 heterocycles.